The first-order valence-corrected chi connectivity index (χ1v) is 12.6. The van der Waals surface area contributed by atoms with Gasteiger partial charge in [-0.15, -0.1) is 0 Å². The van der Waals surface area contributed by atoms with Crippen molar-refractivity contribution in [3.8, 4) is 0 Å². The molecule has 180 valence electrons. The first-order chi connectivity index (χ1) is 15.8. The molecule has 1 aliphatic heterocycles. The van der Waals surface area contributed by atoms with Gasteiger partial charge in [0, 0.05) is 13.1 Å². The number of hydrogen-bond acceptors (Lipinski definition) is 4. The predicted octanol–water partition coefficient (Wildman–Crippen LogP) is 5.98. The number of nitrogens with zero attached hydrogens (tertiary/aromatic N) is 2. The Hall–Kier alpha value is -1.82. The summed E-state index contributed by atoms with van der Waals surface area (Å²) in [6.07, 6.45) is 5.36. The molecule has 1 saturated heterocycles. The van der Waals surface area contributed by atoms with Crippen LogP contribution in [0.15, 0.2) is 35.1 Å². The Kier molecular flexibility index (Phi) is 9.42. The van der Waals surface area contributed by atoms with Crippen molar-refractivity contribution < 1.29 is 9.53 Å². The minimum Gasteiger partial charge on any atom is -0.459 e. The highest BCUT2D eigenvalue weighted by molar-refractivity contribution is 6.34. The number of likely N-dealkylation sites (tertiary alicyclic amines) is 1. The molecule has 1 aromatic carbocycles. The van der Waals surface area contributed by atoms with Crippen molar-refractivity contribution in [3.63, 3.8) is 0 Å². The van der Waals surface area contributed by atoms with E-state index in [2.05, 4.69) is 11.8 Å². The molecule has 2 aromatic rings. The summed E-state index contributed by atoms with van der Waals surface area (Å²) < 4.78 is 6.95. The van der Waals surface area contributed by atoms with Crippen LogP contribution in [0.2, 0.25) is 10.0 Å². The Balaban J connectivity index is 1.71. The number of rotatable bonds is 9. The van der Waals surface area contributed by atoms with Crippen LogP contribution in [0.1, 0.15) is 68.1 Å². The monoisotopic (exact) mass is 492 g/mol. The molecular weight excluding hydrogens is 459 g/mol. The van der Waals surface area contributed by atoms with Gasteiger partial charge in [-0.25, -0.2) is 4.79 Å². The number of carbonyl (C=O) groups is 1. The van der Waals surface area contributed by atoms with E-state index in [0.29, 0.717) is 30.1 Å². The lowest BCUT2D eigenvalue weighted by atomic mass is 9.92. The maximum Gasteiger partial charge on any atom is 0.338 e. The molecule has 1 fully saturated rings. The maximum absolute atomic E-state index is 12.9. The van der Waals surface area contributed by atoms with E-state index >= 15 is 0 Å². The molecule has 0 atom stereocenters. The molecule has 0 amide bonds. The van der Waals surface area contributed by atoms with Gasteiger partial charge in [-0.1, -0.05) is 55.1 Å². The summed E-state index contributed by atoms with van der Waals surface area (Å²) in [7, 11) is 0. The number of pyridine rings is 1. The van der Waals surface area contributed by atoms with Crippen LogP contribution in [-0.2, 0) is 24.2 Å². The SMILES string of the molecule is CCCC1CCN(Cc2c(Cl)cc(Cl)c(=O)n2CCc2ccc(C(=O)OC(C)C)cc2)CC1. The number of benzene rings is 1. The lowest BCUT2D eigenvalue weighted by molar-refractivity contribution is 0.0378. The molecule has 1 aliphatic rings. The van der Waals surface area contributed by atoms with E-state index in [1.165, 1.54) is 25.7 Å². The van der Waals surface area contributed by atoms with E-state index < -0.39 is 0 Å². The summed E-state index contributed by atoms with van der Waals surface area (Å²) in [5.41, 5.74) is 2.14. The van der Waals surface area contributed by atoms with Gasteiger partial charge in [-0.2, -0.15) is 0 Å². The fraction of sp³-hybridized carbons (Fsp3) is 0.538. The van der Waals surface area contributed by atoms with Crippen molar-refractivity contribution in [3.05, 3.63) is 67.6 Å². The van der Waals surface area contributed by atoms with Gasteiger partial charge < -0.3 is 9.30 Å². The highest BCUT2D eigenvalue weighted by Crippen LogP contribution is 2.25. The Morgan fingerprint density at radius 3 is 2.39 bits per heavy atom. The van der Waals surface area contributed by atoms with Crippen molar-refractivity contribution in [2.75, 3.05) is 13.1 Å². The first kappa shape index (κ1) is 25.8. The highest BCUT2D eigenvalue weighted by Gasteiger charge is 2.21. The second-order valence-corrected chi connectivity index (χ2v) is 9.97. The average molecular weight is 493 g/mol. The molecule has 0 unspecified atom stereocenters. The summed E-state index contributed by atoms with van der Waals surface area (Å²) in [5.74, 6) is 0.467. The number of halogens is 2. The van der Waals surface area contributed by atoms with Crippen LogP contribution in [0, 0.1) is 5.92 Å². The molecule has 2 heterocycles. The number of aryl methyl sites for hydroxylation is 1. The smallest absolute Gasteiger partial charge is 0.338 e. The summed E-state index contributed by atoms with van der Waals surface area (Å²) in [5, 5.41) is 0.666. The Labute approximate surface area is 206 Å². The summed E-state index contributed by atoms with van der Waals surface area (Å²) in [6.45, 7) is 9.04. The zero-order valence-electron chi connectivity index (χ0n) is 19.8. The molecule has 5 nitrogen and oxygen atoms in total. The molecule has 1 aromatic heterocycles. The maximum atomic E-state index is 12.9. The molecule has 0 N–H and O–H groups in total. The first-order valence-electron chi connectivity index (χ1n) is 11.9. The Morgan fingerprint density at radius 2 is 1.79 bits per heavy atom. The number of hydrogen-bond donors (Lipinski definition) is 0. The third-order valence-corrected chi connectivity index (χ3v) is 6.84. The fourth-order valence-electron chi connectivity index (χ4n) is 4.42. The van der Waals surface area contributed by atoms with Gasteiger partial charge in [0.15, 0.2) is 0 Å². The number of aromatic nitrogens is 1. The minimum absolute atomic E-state index is 0.136. The van der Waals surface area contributed by atoms with E-state index in [-0.39, 0.29) is 22.7 Å². The van der Waals surface area contributed by atoms with E-state index in [1.54, 1.807) is 22.8 Å². The van der Waals surface area contributed by atoms with Gasteiger partial charge in [-0.3, -0.25) is 9.69 Å². The van der Waals surface area contributed by atoms with Crippen molar-refractivity contribution in [1.82, 2.24) is 9.47 Å². The minimum atomic E-state index is -0.334. The van der Waals surface area contributed by atoms with Gasteiger partial charge in [0.25, 0.3) is 5.56 Å². The summed E-state index contributed by atoms with van der Waals surface area (Å²) >= 11 is 12.7. The van der Waals surface area contributed by atoms with Crippen molar-refractivity contribution in [2.24, 2.45) is 5.92 Å². The molecule has 7 heteroatoms. The lowest BCUT2D eigenvalue weighted by Crippen LogP contribution is -2.36. The molecule has 0 radical (unpaired) electrons. The molecule has 0 bridgehead atoms. The molecule has 0 saturated carbocycles. The molecule has 33 heavy (non-hydrogen) atoms. The number of carbonyl (C=O) groups excluding carboxylic acids is 1. The normalized spacial score (nSPS) is 15.2. The van der Waals surface area contributed by atoms with Crippen LogP contribution >= 0.6 is 23.2 Å². The lowest BCUT2D eigenvalue weighted by Gasteiger charge is -2.32. The third-order valence-electron chi connectivity index (χ3n) is 6.24. The second-order valence-electron chi connectivity index (χ2n) is 9.15. The largest absolute Gasteiger partial charge is 0.459 e. The van der Waals surface area contributed by atoms with Crippen LogP contribution < -0.4 is 5.56 Å². The fourth-order valence-corrected chi connectivity index (χ4v) is 4.96. The van der Waals surface area contributed by atoms with Crippen LogP contribution in [0.5, 0.6) is 0 Å². The molecule has 0 spiro atoms. The average Bonchev–Trinajstić information content (AvgIpc) is 2.78. The summed E-state index contributed by atoms with van der Waals surface area (Å²) in [4.78, 5) is 27.3. The van der Waals surface area contributed by atoms with Crippen LogP contribution in [0.25, 0.3) is 0 Å². The van der Waals surface area contributed by atoms with Crippen LogP contribution in [-0.4, -0.2) is 34.6 Å². The molecular formula is C26H34Cl2N2O3. The quantitative estimate of drug-likeness (QED) is 0.404. The van der Waals surface area contributed by atoms with Crippen molar-refractivity contribution in [2.45, 2.75) is 72.1 Å². The Morgan fingerprint density at radius 1 is 1.12 bits per heavy atom. The van der Waals surface area contributed by atoms with Gasteiger partial charge in [0.2, 0.25) is 0 Å². The summed E-state index contributed by atoms with van der Waals surface area (Å²) in [6, 6.07) is 8.87. The van der Waals surface area contributed by atoms with Crippen LogP contribution in [0.3, 0.4) is 0 Å². The van der Waals surface area contributed by atoms with Gasteiger partial charge in [0.1, 0.15) is 5.02 Å². The Bertz CT molecular complexity index is 994. The van der Waals surface area contributed by atoms with Crippen molar-refractivity contribution in [1.29, 1.82) is 0 Å². The van der Waals surface area contributed by atoms with Crippen LogP contribution in [0.4, 0.5) is 0 Å². The zero-order chi connectivity index (χ0) is 24.0. The van der Waals surface area contributed by atoms with Gasteiger partial charge in [-0.05, 0) is 75.9 Å². The van der Waals surface area contributed by atoms with Gasteiger partial charge >= 0.3 is 5.97 Å². The number of piperidine rings is 1. The highest BCUT2D eigenvalue weighted by atomic mass is 35.5. The number of esters is 1. The topological polar surface area (TPSA) is 51.5 Å². The standard InChI is InChI=1S/C26H34Cl2N2O3/c1-4-5-19-10-13-29(14-11-19)17-24-22(27)16-23(28)25(31)30(24)15-12-20-6-8-21(9-7-20)26(32)33-18(2)3/h6-9,16,18-19H,4-5,10-15,17H2,1-3H3. The van der Waals surface area contributed by atoms with E-state index in [0.717, 1.165) is 30.3 Å². The van der Waals surface area contributed by atoms with Gasteiger partial charge in [0.05, 0.1) is 22.4 Å². The zero-order valence-corrected chi connectivity index (χ0v) is 21.3. The molecule has 3 rings (SSSR count). The predicted molar refractivity (Wildman–Crippen MR) is 134 cm³/mol. The van der Waals surface area contributed by atoms with E-state index in [1.807, 2.05) is 26.0 Å². The van der Waals surface area contributed by atoms with Crippen molar-refractivity contribution >= 4 is 29.2 Å². The second kappa shape index (κ2) is 12.0. The number of ether oxygens (including phenoxy) is 1. The van der Waals surface area contributed by atoms with E-state index in [9.17, 15) is 9.59 Å². The third kappa shape index (κ3) is 7.08. The van der Waals surface area contributed by atoms with E-state index in [4.69, 9.17) is 27.9 Å². The molecule has 0 aliphatic carbocycles.